The Kier molecular flexibility index (Phi) is 12.5. The average molecular weight is 399 g/mol. The van der Waals surface area contributed by atoms with Gasteiger partial charge in [0.1, 0.15) is 11.5 Å². The number of benzene rings is 2. The van der Waals surface area contributed by atoms with Crippen molar-refractivity contribution in [1.82, 2.24) is 0 Å². The lowest BCUT2D eigenvalue weighted by atomic mass is 10.0. The van der Waals surface area contributed by atoms with Crippen LogP contribution in [-0.2, 0) is 0 Å². The number of carbonyl (C=O) groups excluding carboxylic acids is 1. The van der Waals surface area contributed by atoms with Crippen molar-refractivity contribution in [2.75, 3.05) is 6.61 Å². The highest BCUT2D eigenvalue weighted by atomic mass is 16.5. The van der Waals surface area contributed by atoms with E-state index in [9.17, 15) is 9.90 Å². The van der Waals surface area contributed by atoms with Crippen LogP contribution >= 0.6 is 0 Å². The van der Waals surface area contributed by atoms with E-state index in [0.717, 1.165) is 6.42 Å². The van der Waals surface area contributed by atoms with E-state index < -0.39 is 0 Å². The molecule has 29 heavy (non-hydrogen) atoms. The van der Waals surface area contributed by atoms with Gasteiger partial charge in [0.15, 0.2) is 5.78 Å². The standard InChI is InChI=1S/C25H34O3.CH4/c1-2-3-4-5-6-7-8-9-10-14-19-28-22-17-18-23(24(26)20-22)25(27)21-15-12-11-13-16-21;/h11-13,15-18,20,26H,2-10,14,19H2,1H3;1H4. The van der Waals surface area contributed by atoms with Gasteiger partial charge >= 0.3 is 0 Å². The summed E-state index contributed by atoms with van der Waals surface area (Å²) in [4.78, 5) is 12.4. The lowest BCUT2D eigenvalue weighted by Gasteiger charge is -2.09. The van der Waals surface area contributed by atoms with E-state index in [0.29, 0.717) is 23.5 Å². The van der Waals surface area contributed by atoms with Gasteiger partial charge in [-0.1, -0.05) is 102 Å². The number of hydrogen-bond acceptors (Lipinski definition) is 3. The molecule has 0 bridgehead atoms. The molecule has 3 nitrogen and oxygen atoms in total. The highest BCUT2D eigenvalue weighted by molar-refractivity contribution is 6.10. The molecule has 0 radical (unpaired) electrons. The van der Waals surface area contributed by atoms with Gasteiger partial charge in [-0.3, -0.25) is 4.79 Å². The van der Waals surface area contributed by atoms with Crippen LogP contribution in [0.4, 0.5) is 0 Å². The van der Waals surface area contributed by atoms with Crippen LogP contribution in [0, 0.1) is 0 Å². The molecule has 0 spiro atoms. The molecule has 0 aliphatic rings. The molecule has 2 aromatic rings. The highest BCUT2D eigenvalue weighted by Crippen LogP contribution is 2.26. The maximum Gasteiger partial charge on any atom is 0.196 e. The number of aromatic hydroxyl groups is 1. The Morgan fingerprint density at radius 2 is 1.41 bits per heavy atom. The molecular formula is C26H38O3. The number of rotatable bonds is 14. The van der Waals surface area contributed by atoms with Gasteiger partial charge < -0.3 is 9.84 Å². The molecular weight excluding hydrogens is 360 g/mol. The molecule has 0 aliphatic carbocycles. The summed E-state index contributed by atoms with van der Waals surface area (Å²) in [7, 11) is 0. The third kappa shape index (κ3) is 9.17. The summed E-state index contributed by atoms with van der Waals surface area (Å²) in [6, 6.07) is 13.9. The van der Waals surface area contributed by atoms with E-state index in [1.165, 1.54) is 63.9 Å². The summed E-state index contributed by atoms with van der Waals surface area (Å²) in [5, 5.41) is 10.2. The zero-order valence-electron chi connectivity index (χ0n) is 17.2. The Morgan fingerprint density at radius 1 is 0.828 bits per heavy atom. The van der Waals surface area contributed by atoms with E-state index in [1.54, 1.807) is 24.3 Å². The largest absolute Gasteiger partial charge is 0.507 e. The number of unbranched alkanes of at least 4 members (excludes halogenated alkanes) is 9. The fourth-order valence-electron chi connectivity index (χ4n) is 3.32. The van der Waals surface area contributed by atoms with Gasteiger partial charge in [-0.15, -0.1) is 0 Å². The van der Waals surface area contributed by atoms with Crippen molar-refractivity contribution < 1.29 is 14.6 Å². The maximum atomic E-state index is 12.4. The molecule has 0 saturated heterocycles. The van der Waals surface area contributed by atoms with Crippen LogP contribution in [0.1, 0.15) is 94.5 Å². The van der Waals surface area contributed by atoms with Crippen LogP contribution < -0.4 is 4.74 Å². The van der Waals surface area contributed by atoms with Crippen molar-refractivity contribution in [2.45, 2.75) is 78.6 Å². The third-order valence-electron chi connectivity index (χ3n) is 5.02. The van der Waals surface area contributed by atoms with Gasteiger partial charge in [-0.05, 0) is 18.6 Å². The molecule has 0 fully saturated rings. The van der Waals surface area contributed by atoms with Crippen LogP contribution in [-0.4, -0.2) is 17.5 Å². The van der Waals surface area contributed by atoms with Gasteiger partial charge in [0, 0.05) is 11.6 Å². The van der Waals surface area contributed by atoms with Crippen LogP contribution in [0.2, 0.25) is 0 Å². The normalized spacial score (nSPS) is 10.4. The fourth-order valence-corrected chi connectivity index (χ4v) is 3.32. The Balaban J connectivity index is 0.00000420. The minimum atomic E-state index is -0.181. The highest BCUT2D eigenvalue weighted by Gasteiger charge is 2.13. The number of phenolic OH excluding ortho intramolecular Hbond substituents is 1. The van der Waals surface area contributed by atoms with E-state index in [1.807, 2.05) is 18.2 Å². The zero-order chi connectivity index (χ0) is 20.0. The van der Waals surface area contributed by atoms with Crippen molar-refractivity contribution in [3.05, 3.63) is 59.7 Å². The fraction of sp³-hybridized carbons (Fsp3) is 0.500. The van der Waals surface area contributed by atoms with Crippen LogP contribution in [0.5, 0.6) is 11.5 Å². The molecule has 0 amide bonds. The Hall–Kier alpha value is -2.29. The molecule has 2 rings (SSSR count). The summed E-state index contributed by atoms with van der Waals surface area (Å²) >= 11 is 0. The molecule has 0 saturated carbocycles. The molecule has 0 heterocycles. The minimum absolute atomic E-state index is 0. The van der Waals surface area contributed by atoms with Gasteiger partial charge in [0.2, 0.25) is 0 Å². The van der Waals surface area contributed by atoms with Crippen LogP contribution in [0.25, 0.3) is 0 Å². The molecule has 0 unspecified atom stereocenters. The van der Waals surface area contributed by atoms with Crippen LogP contribution in [0.15, 0.2) is 48.5 Å². The van der Waals surface area contributed by atoms with Gasteiger partial charge in [0.05, 0.1) is 12.2 Å². The van der Waals surface area contributed by atoms with E-state index in [2.05, 4.69) is 6.92 Å². The Labute approximate surface area is 177 Å². The van der Waals surface area contributed by atoms with E-state index in [-0.39, 0.29) is 19.0 Å². The zero-order valence-corrected chi connectivity index (χ0v) is 17.2. The summed E-state index contributed by atoms with van der Waals surface area (Å²) in [5.74, 6) is 0.395. The van der Waals surface area contributed by atoms with Crippen molar-refractivity contribution in [3.63, 3.8) is 0 Å². The summed E-state index contributed by atoms with van der Waals surface area (Å²) in [5.41, 5.74) is 0.870. The topological polar surface area (TPSA) is 46.5 Å². The summed E-state index contributed by atoms with van der Waals surface area (Å²) in [6.45, 7) is 2.89. The van der Waals surface area contributed by atoms with Crippen LogP contribution in [0.3, 0.4) is 0 Å². The predicted octanol–water partition coefficient (Wildman–Crippen LogP) is 7.56. The predicted molar refractivity (Wildman–Crippen MR) is 122 cm³/mol. The van der Waals surface area contributed by atoms with E-state index in [4.69, 9.17) is 4.74 Å². The quantitative estimate of drug-likeness (QED) is 0.264. The first-order valence-electron chi connectivity index (χ1n) is 10.8. The number of phenols is 1. The molecule has 160 valence electrons. The molecule has 3 heteroatoms. The Bertz CT molecular complexity index is 694. The van der Waals surface area contributed by atoms with Crippen molar-refractivity contribution >= 4 is 5.78 Å². The first kappa shape index (κ1) is 24.7. The minimum Gasteiger partial charge on any atom is -0.507 e. The summed E-state index contributed by atoms with van der Waals surface area (Å²) < 4.78 is 5.73. The smallest absolute Gasteiger partial charge is 0.196 e. The van der Waals surface area contributed by atoms with Gasteiger partial charge in [-0.25, -0.2) is 0 Å². The molecule has 0 atom stereocenters. The average Bonchev–Trinajstić information content (AvgIpc) is 2.72. The first-order valence-corrected chi connectivity index (χ1v) is 10.8. The van der Waals surface area contributed by atoms with Crippen molar-refractivity contribution in [3.8, 4) is 11.5 Å². The lowest BCUT2D eigenvalue weighted by Crippen LogP contribution is -2.02. The maximum absolute atomic E-state index is 12.4. The second kappa shape index (κ2) is 14.7. The monoisotopic (exact) mass is 398 g/mol. The molecule has 1 N–H and O–H groups in total. The molecule has 0 aliphatic heterocycles. The van der Waals surface area contributed by atoms with Crippen molar-refractivity contribution in [1.29, 1.82) is 0 Å². The number of ketones is 1. The lowest BCUT2D eigenvalue weighted by molar-refractivity contribution is 0.103. The van der Waals surface area contributed by atoms with Gasteiger partial charge in [-0.2, -0.15) is 0 Å². The molecule has 2 aromatic carbocycles. The first-order chi connectivity index (χ1) is 13.7. The van der Waals surface area contributed by atoms with E-state index >= 15 is 0 Å². The summed E-state index contributed by atoms with van der Waals surface area (Å²) in [6.07, 6.45) is 12.9. The SMILES string of the molecule is C.CCCCCCCCCCCCOc1ccc(C(=O)c2ccccc2)c(O)c1. The van der Waals surface area contributed by atoms with Crippen molar-refractivity contribution in [2.24, 2.45) is 0 Å². The number of ether oxygens (including phenoxy) is 1. The molecule has 0 aromatic heterocycles. The second-order valence-electron chi connectivity index (χ2n) is 7.40. The second-order valence-corrected chi connectivity index (χ2v) is 7.40. The Morgan fingerprint density at radius 3 is 2.00 bits per heavy atom. The van der Waals surface area contributed by atoms with Gasteiger partial charge in [0.25, 0.3) is 0 Å². The number of hydrogen-bond donors (Lipinski definition) is 1. The third-order valence-corrected chi connectivity index (χ3v) is 5.02. The number of carbonyl (C=O) groups is 1.